The van der Waals surface area contributed by atoms with Gasteiger partial charge in [-0.15, -0.1) is 0 Å². The Labute approximate surface area is 119 Å². The van der Waals surface area contributed by atoms with E-state index < -0.39 is 0 Å². The van der Waals surface area contributed by atoms with E-state index in [9.17, 15) is 5.11 Å². The lowest BCUT2D eigenvalue weighted by Gasteiger charge is -2.37. The fourth-order valence-electron chi connectivity index (χ4n) is 3.37. The van der Waals surface area contributed by atoms with Crippen molar-refractivity contribution < 1.29 is 5.11 Å². The third-order valence-electron chi connectivity index (χ3n) is 5.06. The zero-order valence-electron chi connectivity index (χ0n) is 13.1. The maximum absolute atomic E-state index is 9.29. The van der Waals surface area contributed by atoms with Crippen molar-refractivity contribution in [3.05, 3.63) is 0 Å². The average Bonchev–Trinajstić information content (AvgIpc) is 2.62. The Bertz CT molecular complexity index is 247. The van der Waals surface area contributed by atoms with Crippen LogP contribution >= 0.6 is 0 Å². The van der Waals surface area contributed by atoms with E-state index in [0.717, 1.165) is 5.92 Å². The van der Waals surface area contributed by atoms with Crippen LogP contribution < -0.4 is 11.1 Å². The van der Waals surface area contributed by atoms with E-state index >= 15 is 0 Å². The summed E-state index contributed by atoms with van der Waals surface area (Å²) in [6.07, 6.45) is 8.99. The summed E-state index contributed by atoms with van der Waals surface area (Å²) in [6.45, 7) is 7.51. The summed E-state index contributed by atoms with van der Waals surface area (Å²) < 4.78 is 0. The summed E-state index contributed by atoms with van der Waals surface area (Å²) in [5.74, 6) is 1.18. The van der Waals surface area contributed by atoms with Crippen LogP contribution in [0.2, 0.25) is 0 Å². The van der Waals surface area contributed by atoms with Crippen molar-refractivity contribution >= 4 is 0 Å². The number of aliphatic hydroxyl groups excluding tert-OH is 1. The van der Waals surface area contributed by atoms with Crippen LogP contribution in [0.1, 0.15) is 65.7 Å². The van der Waals surface area contributed by atoms with Crippen LogP contribution in [-0.4, -0.2) is 29.8 Å². The third-order valence-corrected chi connectivity index (χ3v) is 5.06. The molecule has 1 fully saturated rings. The van der Waals surface area contributed by atoms with Gasteiger partial charge < -0.3 is 16.2 Å². The molecule has 0 radical (unpaired) electrons. The average molecular weight is 270 g/mol. The fourth-order valence-corrected chi connectivity index (χ4v) is 3.37. The second-order valence-electron chi connectivity index (χ2n) is 6.66. The van der Waals surface area contributed by atoms with Crippen molar-refractivity contribution in [3.63, 3.8) is 0 Å². The number of nitrogens with one attached hydrogen (secondary N) is 1. The van der Waals surface area contributed by atoms with Crippen LogP contribution in [0.15, 0.2) is 0 Å². The van der Waals surface area contributed by atoms with Crippen LogP contribution in [0.25, 0.3) is 0 Å². The van der Waals surface area contributed by atoms with Gasteiger partial charge >= 0.3 is 0 Å². The van der Waals surface area contributed by atoms with Crippen molar-refractivity contribution in [1.82, 2.24) is 5.32 Å². The van der Waals surface area contributed by atoms with Crippen molar-refractivity contribution in [2.45, 2.75) is 77.3 Å². The number of nitrogens with two attached hydrogens (primary N) is 1. The van der Waals surface area contributed by atoms with Gasteiger partial charge in [0, 0.05) is 24.7 Å². The number of hydrogen-bond donors (Lipinski definition) is 3. The Kier molecular flexibility index (Phi) is 7.33. The van der Waals surface area contributed by atoms with Crippen molar-refractivity contribution in [3.8, 4) is 0 Å². The lowest BCUT2D eigenvalue weighted by molar-refractivity contribution is 0.171. The molecule has 4 unspecified atom stereocenters. The largest absolute Gasteiger partial charge is 0.396 e. The molecule has 0 aromatic rings. The van der Waals surface area contributed by atoms with E-state index in [-0.39, 0.29) is 18.1 Å². The second kappa shape index (κ2) is 8.23. The first-order chi connectivity index (χ1) is 9.06. The molecule has 1 aliphatic carbocycles. The molecule has 0 spiro atoms. The normalized spacial score (nSPS) is 31.7. The van der Waals surface area contributed by atoms with Gasteiger partial charge in [-0.3, -0.25) is 0 Å². The molecular weight excluding hydrogens is 236 g/mol. The molecule has 0 amide bonds. The van der Waals surface area contributed by atoms with Crippen LogP contribution in [0.4, 0.5) is 0 Å². The first kappa shape index (κ1) is 16.9. The molecule has 1 rings (SSSR count). The van der Waals surface area contributed by atoms with Gasteiger partial charge in [-0.25, -0.2) is 0 Å². The van der Waals surface area contributed by atoms with Crippen LogP contribution in [0, 0.1) is 11.8 Å². The van der Waals surface area contributed by atoms with Crippen LogP contribution in [-0.2, 0) is 0 Å². The smallest absolute Gasteiger partial charge is 0.0471 e. The topological polar surface area (TPSA) is 58.3 Å². The molecule has 1 aliphatic rings. The van der Waals surface area contributed by atoms with E-state index in [0.29, 0.717) is 12.6 Å². The van der Waals surface area contributed by atoms with E-state index in [1.165, 1.54) is 44.9 Å². The number of aliphatic hydroxyl groups is 1. The highest BCUT2D eigenvalue weighted by molar-refractivity contribution is 4.94. The Balaban J connectivity index is 2.59. The summed E-state index contributed by atoms with van der Waals surface area (Å²) in [5, 5.41) is 13.0. The van der Waals surface area contributed by atoms with Crippen molar-refractivity contribution in [2.24, 2.45) is 17.6 Å². The SMILES string of the molecule is CCCC1CCCC(CN)(NC(C)C(C)CO)CC1. The van der Waals surface area contributed by atoms with Crippen LogP contribution in [0.5, 0.6) is 0 Å². The van der Waals surface area contributed by atoms with Gasteiger partial charge in [0.2, 0.25) is 0 Å². The van der Waals surface area contributed by atoms with E-state index in [4.69, 9.17) is 5.73 Å². The van der Waals surface area contributed by atoms with Crippen LogP contribution in [0.3, 0.4) is 0 Å². The first-order valence-corrected chi connectivity index (χ1v) is 8.15. The molecule has 4 atom stereocenters. The summed E-state index contributed by atoms with van der Waals surface area (Å²) >= 11 is 0. The molecule has 19 heavy (non-hydrogen) atoms. The van der Waals surface area contributed by atoms with Gasteiger partial charge in [-0.05, 0) is 38.0 Å². The Morgan fingerprint density at radius 2 is 2.05 bits per heavy atom. The highest BCUT2D eigenvalue weighted by Crippen LogP contribution is 2.32. The first-order valence-electron chi connectivity index (χ1n) is 8.15. The molecular formula is C16H34N2O. The molecule has 1 saturated carbocycles. The minimum atomic E-state index is 0.103. The zero-order chi connectivity index (χ0) is 14.3. The van der Waals surface area contributed by atoms with E-state index in [1.807, 2.05) is 0 Å². The molecule has 3 heteroatoms. The molecule has 4 N–H and O–H groups in total. The molecule has 0 aromatic heterocycles. The van der Waals surface area contributed by atoms with Gasteiger partial charge in [0.05, 0.1) is 0 Å². The third kappa shape index (κ3) is 5.05. The molecule has 3 nitrogen and oxygen atoms in total. The van der Waals surface area contributed by atoms with E-state index in [2.05, 4.69) is 26.1 Å². The molecule has 0 bridgehead atoms. The summed E-state index contributed by atoms with van der Waals surface area (Å²) in [4.78, 5) is 0. The zero-order valence-corrected chi connectivity index (χ0v) is 13.1. The van der Waals surface area contributed by atoms with E-state index in [1.54, 1.807) is 0 Å². The van der Waals surface area contributed by atoms with Crippen molar-refractivity contribution in [1.29, 1.82) is 0 Å². The molecule has 114 valence electrons. The number of hydrogen-bond acceptors (Lipinski definition) is 3. The fraction of sp³-hybridized carbons (Fsp3) is 1.00. The quantitative estimate of drug-likeness (QED) is 0.623. The van der Waals surface area contributed by atoms with Gasteiger partial charge in [0.1, 0.15) is 0 Å². The minimum Gasteiger partial charge on any atom is -0.396 e. The maximum atomic E-state index is 9.29. The van der Waals surface area contributed by atoms with Gasteiger partial charge in [-0.1, -0.05) is 39.5 Å². The minimum absolute atomic E-state index is 0.103. The lowest BCUT2D eigenvalue weighted by Crippen LogP contribution is -2.56. The van der Waals surface area contributed by atoms with Gasteiger partial charge in [0.15, 0.2) is 0 Å². The van der Waals surface area contributed by atoms with Gasteiger partial charge in [0.25, 0.3) is 0 Å². The van der Waals surface area contributed by atoms with Gasteiger partial charge in [-0.2, -0.15) is 0 Å². The lowest BCUT2D eigenvalue weighted by atomic mass is 9.87. The summed E-state index contributed by atoms with van der Waals surface area (Å²) in [5.41, 5.74) is 6.19. The standard InChI is InChI=1S/C16H34N2O/c1-4-6-15-7-5-9-16(12-17,10-8-15)18-14(3)13(2)11-19/h13-15,18-19H,4-12,17H2,1-3H3. The predicted octanol–water partition coefficient (Wildman–Crippen LogP) is 2.67. The summed E-state index contributed by atoms with van der Waals surface area (Å²) in [7, 11) is 0. The Morgan fingerprint density at radius 3 is 2.63 bits per heavy atom. The highest BCUT2D eigenvalue weighted by Gasteiger charge is 2.33. The second-order valence-corrected chi connectivity index (χ2v) is 6.66. The molecule has 0 aromatic carbocycles. The Morgan fingerprint density at radius 1 is 1.32 bits per heavy atom. The predicted molar refractivity (Wildman–Crippen MR) is 82.1 cm³/mol. The Hall–Kier alpha value is -0.120. The van der Waals surface area contributed by atoms with Crippen molar-refractivity contribution in [2.75, 3.05) is 13.2 Å². The summed E-state index contributed by atoms with van der Waals surface area (Å²) in [6, 6.07) is 0.330. The highest BCUT2D eigenvalue weighted by atomic mass is 16.3. The maximum Gasteiger partial charge on any atom is 0.0471 e. The monoisotopic (exact) mass is 270 g/mol. The number of rotatable bonds is 7. The molecule has 0 heterocycles. The molecule has 0 saturated heterocycles. The molecule has 0 aliphatic heterocycles.